The van der Waals surface area contributed by atoms with Gasteiger partial charge in [0, 0.05) is 49.6 Å². The standard InChI is InChI=1S/C49H71N9O22/c1-26(2)40(47(74)54-32(7-5-18-51-48(50)75)45(72)52-28-10-8-27(9-11-28)25-79-49(76)80-30-14-12-29(13-15-30)58(77)78)55-46(73)31(53-37(65)22-57-38(66)16-17-39(57)67)6-3-4-19-56(20-33(61)41(68)43(70)35(63)23-59)21-34(62)42(69)44(71)36(64)24-60/h8-17,26,31-36,40-44,59-64,68-71H,3-7,18-25H2,1-2H3,(H,52,72)(H,53,65)(H,54,74)(H,55,73)(H3,50,51,75)/t31?,32-,33-,34-,35+,36+,40+,41+,42+,43+,44+/m0/s1. The monoisotopic (exact) mass is 1140 g/mol. The molecule has 1 unspecified atom stereocenters. The van der Waals surface area contributed by atoms with Crippen LogP contribution in [0.5, 0.6) is 5.75 Å². The van der Waals surface area contributed by atoms with Gasteiger partial charge in [-0.2, -0.15) is 0 Å². The van der Waals surface area contributed by atoms with E-state index >= 15 is 0 Å². The average molecular weight is 1140 g/mol. The number of benzene rings is 2. The zero-order chi connectivity index (χ0) is 59.8. The van der Waals surface area contributed by atoms with Gasteiger partial charge in [-0.05, 0) is 74.4 Å². The lowest BCUT2D eigenvalue weighted by molar-refractivity contribution is -0.384. The summed E-state index contributed by atoms with van der Waals surface area (Å²) in [5.74, 6) is -5.89. The Labute approximate surface area is 457 Å². The second kappa shape index (κ2) is 33.3. The molecule has 0 fully saturated rings. The Bertz CT molecular complexity index is 2370. The number of urea groups is 1. The number of ether oxygens (including phenoxy) is 2. The summed E-state index contributed by atoms with van der Waals surface area (Å²) in [5.41, 5.74) is 5.65. The summed E-state index contributed by atoms with van der Waals surface area (Å²) in [6, 6.07) is 5.52. The number of aliphatic hydroxyl groups is 10. The van der Waals surface area contributed by atoms with Gasteiger partial charge in [0.1, 0.15) is 73.7 Å². The maximum absolute atomic E-state index is 14.2. The number of non-ortho nitro benzene ring substituents is 1. The molecule has 11 atom stereocenters. The molecule has 1 aliphatic rings. The molecule has 2 aromatic carbocycles. The van der Waals surface area contributed by atoms with E-state index in [9.17, 15) is 99.5 Å². The SMILES string of the molecule is CC(C)[C@@H](NC(=O)C(CCCCN(C[C@H](O)[C@@H](O)[C@H](O)[C@H](O)CO)C[C@H](O)[C@@H](O)[C@H](O)[C@H](O)CO)NC(=O)CN1C(=O)C=CC1=O)C(=O)N[C@@H](CCCNC(N)=O)C(=O)Nc1ccc(COC(=O)Oc2ccc([N+](=O)[O-])cc2)cc1. The van der Waals surface area contributed by atoms with Gasteiger partial charge in [0.2, 0.25) is 23.6 Å². The summed E-state index contributed by atoms with van der Waals surface area (Å²) >= 11 is 0. The van der Waals surface area contributed by atoms with Crippen LogP contribution in [0.25, 0.3) is 0 Å². The number of unbranched alkanes of at least 4 members (excludes halogenated alkanes) is 1. The van der Waals surface area contributed by atoms with Crippen LogP contribution in [0, 0.1) is 16.0 Å². The lowest BCUT2D eigenvalue weighted by Crippen LogP contribution is -2.58. The molecule has 444 valence electrons. The molecule has 0 aromatic heterocycles. The molecule has 0 radical (unpaired) electrons. The van der Waals surface area contributed by atoms with Crippen molar-refractivity contribution in [2.75, 3.05) is 51.3 Å². The number of hydrogen-bond donors (Lipinski definition) is 16. The first-order valence-corrected chi connectivity index (χ1v) is 25.1. The molecule has 0 saturated heterocycles. The van der Waals surface area contributed by atoms with E-state index in [1.165, 1.54) is 41.3 Å². The van der Waals surface area contributed by atoms with E-state index in [0.29, 0.717) is 10.5 Å². The van der Waals surface area contributed by atoms with E-state index in [-0.39, 0.29) is 68.9 Å². The summed E-state index contributed by atoms with van der Waals surface area (Å²) in [7, 11) is 0. The average Bonchev–Trinajstić information content (AvgIpc) is 3.75. The zero-order valence-electron chi connectivity index (χ0n) is 43.7. The lowest BCUT2D eigenvalue weighted by Gasteiger charge is -2.33. The number of nitro groups is 1. The molecule has 0 aliphatic carbocycles. The van der Waals surface area contributed by atoms with Crippen LogP contribution < -0.4 is 37.1 Å². The van der Waals surface area contributed by atoms with E-state index < -0.39 is 158 Å². The highest BCUT2D eigenvalue weighted by Crippen LogP contribution is 2.19. The first-order valence-electron chi connectivity index (χ1n) is 25.1. The molecule has 8 amide bonds. The van der Waals surface area contributed by atoms with Gasteiger partial charge < -0.3 is 92.9 Å². The number of nitrogens with one attached hydrogen (secondary N) is 5. The Morgan fingerprint density at radius 3 is 1.73 bits per heavy atom. The van der Waals surface area contributed by atoms with Crippen LogP contribution in [-0.4, -0.2) is 226 Å². The quantitative estimate of drug-likeness (QED) is 0.00768. The summed E-state index contributed by atoms with van der Waals surface area (Å²) in [4.78, 5) is 116. The van der Waals surface area contributed by atoms with Gasteiger partial charge >= 0.3 is 12.2 Å². The second-order valence-corrected chi connectivity index (χ2v) is 18.9. The van der Waals surface area contributed by atoms with Gasteiger partial charge in [-0.25, -0.2) is 9.59 Å². The maximum atomic E-state index is 14.2. The fourth-order valence-electron chi connectivity index (χ4n) is 7.71. The summed E-state index contributed by atoms with van der Waals surface area (Å²) < 4.78 is 10.1. The van der Waals surface area contributed by atoms with Gasteiger partial charge in [0.25, 0.3) is 17.5 Å². The number of nitro benzene ring substituents is 1. The van der Waals surface area contributed by atoms with Crippen molar-refractivity contribution < 1.29 is 104 Å². The molecule has 31 nitrogen and oxygen atoms in total. The van der Waals surface area contributed by atoms with Gasteiger partial charge in [-0.15, -0.1) is 0 Å². The highest BCUT2D eigenvalue weighted by atomic mass is 16.7. The molecule has 80 heavy (non-hydrogen) atoms. The topological polar surface area (TPSA) is 493 Å². The van der Waals surface area contributed by atoms with Crippen molar-refractivity contribution >= 4 is 59.0 Å². The minimum atomic E-state index is -2.07. The van der Waals surface area contributed by atoms with Crippen LogP contribution in [0.1, 0.15) is 51.5 Å². The number of nitrogens with zero attached hydrogens (tertiary/aromatic N) is 3. The minimum absolute atomic E-state index is 0.00587. The predicted molar refractivity (Wildman–Crippen MR) is 275 cm³/mol. The normalized spacial score (nSPS) is 16.5. The lowest BCUT2D eigenvalue weighted by atomic mass is 10.00. The third-order valence-electron chi connectivity index (χ3n) is 12.3. The van der Waals surface area contributed by atoms with Crippen LogP contribution in [0.3, 0.4) is 0 Å². The van der Waals surface area contributed by atoms with Crippen molar-refractivity contribution in [2.45, 2.75) is 120 Å². The van der Waals surface area contributed by atoms with Crippen LogP contribution >= 0.6 is 0 Å². The van der Waals surface area contributed by atoms with Crippen molar-refractivity contribution in [1.82, 2.24) is 31.1 Å². The number of hydrogen-bond acceptors (Lipinski definition) is 23. The van der Waals surface area contributed by atoms with Gasteiger partial charge in [0.15, 0.2) is 0 Å². The van der Waals surface area contributed by atoms with Crippen molar-refractivity contribution in [2.24, 2.45) is 11.7 Å². The Hall–Kier alpha value is -7.30. The fraction of sp³-hybridized carbons (Fsp3) is 0.551. The highest BCUT2D eigenvalue weighted by Gasteiger charge is 2.36. The Balaban J connectivity index is 1.79. The third kappa shape index (κ3) is 22.1. The predicted octanol–water partition coefficient (Wildman–Crippen LogP) is -4.92. The molecular formula is C49H71N9O22. The number of carbonyl (C=O) groups is 8. The van der Waals surface area contributed by atoms with Gasteiger partial charge in [0.05, 0.1) is 30.3 Å². The Morgan fingerprint density at radius 1 is 0.688 bits per heavy atom. The first-order chi connectivity index (χ1) is 37.8. The molecule has 3 rings (SSSR count). The van der Waals surface area contributed by atoms with Crippen LogP contribution in [0.2, 0.25) is 0 Å². The number of carbonyl (C=O) groups excluding carboxylic acids is 8. The first kappa shape index (κ1) is 67.0. The summed E-state index contributed by atoms with van der Waals surface area (Å²) in [6.07, 6.45) is -15.2. The highest BCUT2D eigenvalue weighted by molar-refractivity contribution is 6.14. The number of nitrogens with two attached hydrogens (primary N) is 1. The van der Waals surface area contributed by atoms with Crippen molar-refractivity contribution in [3.8, 4) is 5.75 Å². The third-order valence-corrected chi connectivity index (χ3v) is 12.3. The number of aliphatic hydroxyl groups excluding tert-OH is 10. The molecule has 17 N–H and O–H groups in total. The van der Waals surface area contributed by atoms with Crippen LogP contribution in [0.4, 0.5) is 21.0 Å². The van der Waals surface area contributed by atoms with E-state index in [0.717, 1.165) is 24.3 Å². The molecule has 0 spiro atoms. The second-order valence-electron chi connectivity index (χ2n) is 18.9. The van der Waals surface area contributed by atoms with Crippen LogP contribution in [0.15, 0.2) is 60.7 Å². The number of amides is 8. The van der Waals surface area contributed by atoms with Crippen molar-refractivity contribution in [3.63, 3.8) is 0 Å². The van der Waals surface area contributed by atoms with Crippen LogP contribution in [-0.2, 0) is 40.1 Å². The number of imide groups is 1. The van der Waals surface area contributed by atoms with E-state index in [1.54, 1.807) is 13.8 Å². The number of primary amides is 1. The molecule has 31 heteroatoms. The van der Waals surface area contributed by atoms with Crippen molar-refractivity contribution in [1.29, 1.82) is 0 Å². The van der Waals surface area contributed by atoms with E-state index in [4.69, 9.17) is 15.2 Å². The Morgan fingerprint density at radius 2 is 1.21 bits per heavy atom. The molecule has 0 saturated carbocycles. The smallest absolute Gasteiger partial charge is 0.429 e. The molecule has 2 aromatic rings. The van der Waals surface area contributed by atoms with E-state index in [2.05, 4.69) is 26.6 Å². The summed E-state index contributed by atoms with van der Waals surface area (Å²) in [6.45, 7) is -1.35. The molecule has 1 heterocycles. The van der Waals surface area contributed by atoms with E-state index in [1.807, 2.05) is 0 Å². The van der Waals surface area contributed by atoms with Gasteiger partial charge in [-0.3, -0.25) is 48.7 Å². The maximum Gasteiger partial charge on any atom is 0.514 e. The van der Waals surface area contributed by atoms with Crippen molar-refractivity contribution in [3.05, 3.63) is 76.4 Å². The van der Waals surface area contributed by atoms with Gasteiger partial charge in [-0.1, -0.05) is 26.0 Å². The molecular weight excluding hydrogens is 1070 g/mol. The number of anilines is 1. The zero-order valence-corrected chi connectivity index (χ0v) is 43.7. The summed E-state index contributed by atoms with van der Waals surface area (Å²) in [5, 5.41) is 125. The minimum Gasteiger partial charge on any atom is -0.429 e. The molecule has 0 bridgehead atoms. The molecule has 1 aliphatic heterocycles. The largest absolute Gasteiger partial charge is 0.514 e. The number of rotatable bonds is 35. The fourth-order valence-corrected chi connectivity index (χ4v) is 7.71. The Kier molecular flexibility index (Phi) is 27.9.